The summed E-state index contributed by atoms with van der Waals surface area (Å²) in [6.45, 7) is 7.54. The maximum atomic E-state index is 13.4. The minimum atomic E-state index is -3.75. The quantitative estimate of drug-likeness (QED) is 0.825. The molecule has 2 aromatic rings. The van der Waals surface area contributed by atoms with Crippen molar-refractivity contribution >= 4 is 33.0 Å². The molecule has 0 saturated carbocycles. The molecule has 4 rings (SSSR count). The zero-order valence-electron chi connectivity index (χ0n) is 16.0. The van der Waals surface area contributed by atoms with E-state index in [0.717, 1.165) is 31.9 Å². The van der Waals surface area contributed by atoms with Crippen LogP contribution in [-0.2, 0) is 10.0 Å². The van der Waals surface area contributed by atoms with Crippen molar-refractivity contribution in [2.45, 2.75) is 24.3 Å². The fourth-order valence-corrected chi connectivity index (χ4v) is 5.40. The van der Waals surface area contributed by atoms with E-state index in [-0.39, 0.29) is 11.4 Å². The number of hydrogen-bond acceptors (Lipinski definition) is 5. The lowest BCUT2D eigenvalue weighted by Gasteiger charge is -2.42. The molecule has 2 aliphatic heterocycles. The van der Waals surface area contributed by atoms with Crippen molar-refractivity contribution in [2.24, 2.45) is 0 Å². The van der Waals surface area contributed by atoms with Gasteiger partial charge in [0, 0.05) is 31.2 Å². The zero-order chi connectivity index (χ0) is 19.9. The third kappa shape index (κ3) is 3.54. The van der Waals surface area contributed by atoms with E-state index in [0.29, 0.717) is 16.5 Å². The van der Waals surface area contributed by atoms with E-state index in [4.69, 9.17) is 16.3 Å². The molecular formula is C20H24ClN3O3S. The number of fused-ring (bicyclic) bond motifs is 1. The number of nitrogens with zero attached hydrogens (tertiary/aromatic N) is 2. The number of rotatable bonds is 3. The van der Waals surface area contributed by atoms with Crippen LogP contribution in [0.1, 0.15) is 13.8 Å². The van der Waals surface area contributed by atoms with Crippen LogP contribution in [0, 0.1) is 0 Å². The normalized spacial score (nSPS) is 19.1. The number of ether oxygens (including phenoxy) is 1. The van der Waals surface area contributed by atoms with Gasteiger partial charge in [-0.15, -0.1) is 0 Å². The van der Waals surface area contributed by atoms with Gasteiger partial charge in [-0.05, 0) is 50.2 Å². The molecule has 150 valence electrons. The van der Waals surface area contributed by atoms with Crippen molar-refractivity contribution in [3.63, 3.8) is 0 Å². The number of sulfonamides is 1. The fourth-order valence-electron chi connectivity index (χ4n) is 3.66. The van der Waals surface area contributed by atoms with E-state index in [1.807, 2.05) is 32.0 Å². The number of para-hydroxylation sites is 1. The molecule has 0 aliphatic carbocycles. The Kier molecular flexibility index (Phi) is 4.93. The van der Waals surface area contributed by atoms with E-state index in [1.54, 1.807) is 24.3 Å². The van der Waals surface area contributed by atoms with Crippen molar-refractivity contribution in [3.8, 4) is 5.75 Å². The summed E-state index contributed by atoms with van der Waals surface area (Å²) in [5, 5.41) is 3.84. The van der Waals surface area contributed by atoms with E-state index < -0.39 is 15.6 Å². The topological polar surface area (TPSA) is 61.9 Å². The summed E-state index contributed by atoms with van der Waals surface area (Å²) >= 11 is 5.94. The second-order valence-electron chi connectivity index (χ2n) is 7.69. The molecule has 0 atom stereocenters. The van der Waals surface area contributed by atoms with Crippen LogP contribution in [0.3, 0.4) is 0 Å². The zero-order valence-corrected chi connectivity index (χ0v) is 17.6. The first-order valence-corrected chi connectivity index (χ1v) is 11.2. The Morgan fingerprint density at radius 3 is 2.36 bits per heavy atom. The third-order valence-corrected chi connectivity index (χ3v) is 7.03. The van der Waals surface area contributed by atoms with Crippen LogP contribution in [0.15, 0.2) is 47.4 Å². The standard InChI is InChI=1S/C20H24ClN3O3S/c1-20(2)14-24(28(25,26)16-8-6-15(21)7-9-16)18-5-3-4-17(19(18)27-20)23-12-10-22-11-13-23/h3-9,22H,10-14H2,1-2H3. The molecule has 2 aliphatic rings. The van der Waals surface area contributed by atoms with Crippen LogP contribution in [0.4, 0.5) is 11.4 Å². The maximum Gasteiger partial charge on any atom is 0.264 e. The summed E-state index contributed by atoms with van der Waals surface area (Å²) in [7, 11) is -3.75. The van der Waals surface area contributed by atoms with Gasteiger partial charge >= 0.3 is 0 Å². The van der Waals surface area contributed by atoms with E-state index in [1.165, 1.54) is 4.31 Å². The molecule has 28 heavy (non-hydrogen) atoms. The molecule has 1 N–H and O–H groups in total. The Labute approximate surface area is 171 Å². The lowest BCUT2D eigenvalue weighted by atomic mass is 10.1. The Hall–Kier alpha value is -1.96. The van der Waals surface area contributed by atoms with Gasteiger partial charge in [-0.3, -0.25) is 4.31 Å². The number of piperazine rings is 1. The minimum absolute atomic E-state index is 0.216. The van der Waals surface area contributed by atoms with Crippen LogP contribution in [0.25, 0.3) is 0 Å². The van der Waals surface area contributed by atoms with E-state index >= 15 is 0 Å². The van der Waals surface area contributed by atoms with Crippen LogP contribution < -0.4 is 19.3 Å². The van der Waals surface area contributed by atoms with Gasteiger partial charge in [-0.25, -0.2) is 8.42 Å². The van der Waals surface area contributed by atoms with Crippen molar-refractivity contribution < 1.29 is 13.2 Å². The predicted molar refractivity (Wildman–Crippen MR) is 112 cm³/mol. The fraction of sp³-hybridized carbons (Fsp3) is 0.400. The van der Waals surface area contributed by atoms with Gasteiger partial charge in [-0.1, -0.05) is 17.7 Å². The molecule has 8 heteroatoms. The highest BCUT2D eigenvalue weighted by molar-refractivity contribution is 7.92. The average molecular weight is 422 g/mol. The number of anilines is 2. The molecule has 1 saturated heterocycles. The summed E-state index contributed by atoms with van der Waals surface area (Å²) in [5.41, 5.74) is 0.852. The molecule has 0 spiro atoms. The van der Waals surface area contributed by atoms with Crippen LogP contribution >= 0.6 is 11.6 Å². The van der Waals surface area contributed by atoms with Crippen LogP contribution in [-0.4, -0.2) is 46.7 Å². The SMILES string of the molecule is CC1(C)CN(S(=O)(=O)c2ccc(Cl)cc2)c2cccc(N3CCNCC3)c2O1. The van der Waals surface area contributed by atoms with Gasteiger partial charge in [0.2, 0.25) is 0 Å². The summed E-state index contributed by atoms with van der Waals surface area (Å²) in [4.78, 5) is 2.46. The van der Waals surface area contributed by atoms with Gasteiger partial charge in [0.1, 0.15) is 5.60 Å². The van der Waals surface area contributed by atoms with E-state index in [2.05, 4.69) is 10.2 Å². The lowest BCUT2D eigenvalue weighted by molar-refractivity contribution is 0.111. The summed E-state index contributed by atoms with van der Waals surface area (Å²) in [5.74, 6) is 0.623. The van der Waals surface area contributed by atoms with Crippen molar-refractivity contribution in [2.75, 3.05) is 41.9 Å². The van der Waals surface area contributed by atoms with Gasteiger partial charge in [0.15, 0.2) is 5.75 Å². The highest BCUT2D eigenvalue weighted by Crippen LogP contribution is 2.46. The van der Waals surface area contributed by atoms with Gasteiger partial charge in [0.25, 0.3) is 10.0 Å². The lowest BCUT2D eigenvalue weighted by Crippen LogP contribution is -2.50. The largest absolute Gasteiger partial charge is 0.482 e. The van der Waals surface area contributed by atoms with E-state index in [9.17, 15) is 8.42 Å². The van der Waals surface area contributed by atoms with Crippen molar-refractivity contribution in [1.82, 2.24) is 5.32 Å². The number of halogens is 1. The highest BCUT2D eigenvalue weighted by atomic mass is 35.5. The first kappa shape index (κ1) is 19.4. The molecule has 0 bridgehead atoms. The number of hydrogen-bond donors (Lipinski definition) is 1. The first-order chi connectivity index (χ1) is 13.3. The number of benzene rings is 2. The molecule has 2 aromatic carbocycles. The summed E-state index contributed by atoms with van der Waals surface area (Å²) < 4.78 is 34.6. The molecular weight excluding hydrogens is 398 g/mol. The minimum Gasteiger partial charge on any atom is -0.482 e. The second-order valence-corrected chi connectivity index (χ2v) is 9.99. The third-order valence-electron chi connectivity index (χ3n) is 5.00. The molecule has 1 fully saturated rings. The number of nitrogens with one attached hydrogen (secondary N) is 1. The van der Waals surface area contributed by atoms with Crippen LogP contribution in [0.5, 0.6) is 5.75 Å². The average Bonchev–Trinajstić information content (AvgIpc) is 2.67. The second kappa shape index (κ2) is 7.13. The molecule has 2 heterocycles. The van der Waals surface area contributed by atoms with Crippen LogP contribution in [0.2, 0.25) is 5.02 Å². The monoisotopic (exact) mass is 421 g/mol. The van der Waals surface area contributed by atoms with Crippen molar-refractivity contribution in [1.29, 1.82) is 0 Å². The Bertz CT molecular complexity index is 971. The molecule has 0 aromatic heterocycles. The Balaban J connectivity index is 1.82. The highest BCUT2D eigenvalue weighted by Gasteiger charge is 2.40. The molecule has 0 unspecified atom stereocenters. The molecule has 0 radical (unpaired) electrons. The molecule has 0 amide bonds. The molecule has 6 nitrogen and oxygen atoms in total. The first-order valence-electron chi connectivity index (χ1n) is 9.34. The smallest absolute Gasteiger partial charge is 0.264 e. The summed E-state index contributed by atoms with van der Waals surface area (Å²) in [6.07, 6.45) is 0. The van der Waals surface area contributed by atoms with Crippen molar-refractivity contribution in [3.05, 3.63) is 47.5 Å². The maximum absolute atomic E-state index is 13.4. The van der Waals surface area contributed by atoms with Gasteiger partial charge < -0.3 is 15.0 Å². The Morgan fingerprint density at radius 1 is 1.04 bits per heavy atom. The summed E-state index contributed by atoms with van der Waals surface area (Å²) in [6, 6.07) is 12.0. The Morgan fingerprint density at radius 2 is 1.68 bits per heavy atom. The predicted octanol–water partition coefficient (Wildman–Crippen LogP) is 3.12. The van der Waals surface area contributed by atoms with Gasteiger partial charge in [0.05, 0.1) is 22.8 Å². The van der Waals surface area contributed by atoms with Gasteiger partial charge in [-0.2, -0.15) is 0 Å².